The molecule has 0 aromatic heterocycles. The lowest BCUT2D eigenvalue weighted by Gasteiger charge is -2.26. The van der Waals surface area contributed by atoms with E-state index in [1.807, 2.05) is 24.3 Å². The maximum absolute atomic E-state index is 12.2. The zero-order valence-corrected chi connectivity index (χ0v) is 13.3. The zero-order valence-electron chi connectivity index (χ0n) is 12.6. The summed E-state index contributed by atoms with van der Waals surface area (Å²) in [4.78, 5) is 13.7. The molecule has 0 radical (unpaired) electrons. The molecule has 1 rings (SSSR count). The monoisotopic (exact) mass is 308 g/mol. The lowest BCUT2D eigenvalue weighted by Crippen LogP contribution is -2.35. The number of anilines is 1. The molecule has 0 aliphatic heterocycles. The number of halogens is 1. The van der Waals surface area contributed by atoms with Crippen molar-refractivity contribution >= 4 is 23.2 Å². The fourth-order valence-corrected chi connectivity index (χ4v) is 2.31. The molecule has 0 bridgehead atoms. The van der Waals surface area contributed by atoms with Crippen LogP contribution in [0.2, 0.25) is 0 Å². The van der Waals surface area contributed by atoms with E-state index in [4.69, 9.17) is 21.6 Å². The van der Waals surface area contributed by atoms with Gasteiger partial charge < -0.3 is 4.74 Å². The highest BCUT2D eigenvalue weighted by atomic mass is 35.5. The number of amides is 1. The van der Waals surface area contributed by atoms with Gasteiger partial charge >= 0.3 is 0 Å². The molecular formula is C16H21ClN2O2. The number of benzene rings is 1. The Morgan fingerprint density at radius 3 is 2.43 bits per heavy atom. The first-order chi connectivity index (χ1) is 10.2. The number of alkyl halides is 1. The third-order valence-electron chi connectivity index (χ3n) is 3.23. The largest absolute Gasteiger partial charge is 0.360 e. The Morgan fingerprint density at radius 2 is 1.95 bits per heavy atom. The first-order valence-corrected chi connectivity index (χ1v) is 7.64. The van der Waals surface area contributed by atoms with Crippen LogP contribution in [0.15, 0.2) is 18.2 Å². The van der Waals surface area contributed by atoms with E-state index in [2.05, 4.69) is 13.8 Å². The third kappa shape index (κ3) is 4.73. The van der Waals surface area contributed by atoms with Gasteiger partial charge in [0.1, 0.15) is 12.6 Å². The van der Waals surface area contributed by atoms with Crippen molar-refractivity contribution in [2.75, 3.05) is 24.1 Å². The molecule has 1 aromatic carbocycles. The van der Waals surface area contributed by atoms with Gasteiger partial charge in [0.05, 0.1) is 24.8 Å². The second-order valence-electron chi connectivity index (χ2n) is 4.53. The topological polar surface area (TPSA) is 53.3 Å². The van der Waals surface area contributed by atoms with Crippen molar-refractivity contribution in [3.8, 4) is 6.07 Å². The molecule has 114 valence electrons. The molecule has 4 nitrogen and oxygen atoms in total. The predicted octanol–water partition coefficient (Wildman–Crippen LogP) is 3.27. The highest BCUT2D eigenvalue weighted by Gasteiger charge is 2.20. The van der Waals surface area contributed by atoms with E-state index in [-0.39, 0.29) is 18.5 Å². The van der Waals surface area contributed by atoms with Crippen LogP contribution >= 0.6 is 11.6 Å². The molecule has 0 saturated heterocycles. The van der Waals surface area contributed by atoms with Crippen molar-refractivity contribution in [1.82, 2.24) is 0 Å². The predicted molar refractivity (Wildman–Crippen MR) is 84.5 cm³/mol. The number of hydrogen-bond donors (Lipinski definition) is 0. The van der Waals surface area contributed by atoms with Crippen LogP contribution in [0.25, 0.3) is 0 Å². The quantitative estimate of drug-likeness (QED) is 0.421. The molecule has 0 N–H and O–H groups in total. The van der Waals surface area contributed by atoms with Gasteiger partial charge in [0.15, 0.2) is 0 Å². The van der Waals surface area contributed by atoms with Gasteiger partial charge in [-0.25, -0.2) is 0 Å². The fourth-order valence-electron chi connectivity index (χ4n) is 2.17. The summed E-state index contributed by atoms with van der Waals surface area (Å²) in [6, 6.07) is 8.04. The minimum atomic E-state index is -0.191. The molecule has 0 spiro atoms. The second kappa shape index (κ2) is 9.38. The summed E-state index contributed by atoms with van der Waals surface area (Å²) >= 11 is 5.73. The third-order valence-corrected chi connectivity index (χ3v) is 3.46. The first kappa shape index (κ1) is 17.5. The molecule has 0 atom stereocenters. The van der Waals surface area contributed by atoms with Crippen LogP contribution in [-0.2, 0) is 22.4 Å². The summed E-state index contributed by atoms with van der Waals surface area (Å²) in [6.45, 7) is 4.53. The summed E-state index contributed by atoms with van der Waals surface area (Å²) in [5.74, 6) is -0.285. The summed E-state index contributed by atoms with van der Waals surface area (Å²) in [7, 11) is 0. The number of nitriles is 1. The Labute approximate surface area is 131 Å². The van der Waals surface area contributed by atoms with E-state index in [9.17, 15) is 4.79 Å². The van der Waals surface area contributed by atoms with E-state index < -0.39 is 0 Å². The molecule has 0 heterocycles. The van der Waals surface area contributed by atoms with Crippen molar-refractivity contribution in [3.05, 3.63) is 29.3 Å². The van der Waals surface area contributed by atoms with E-state index in [1.54, 1.807) is 4.90 Å². The maximum atomic E-state index is 12.2. The van der Waals surface area contributed by atoms with E-state index in [0.29, 0.717) is 13.0 Å². The van der Waals surface area contributed by atoms with Crippen LogP contribution in [0.3, 0.4) is 0 Å². The number of nitrogens with zero attached hydrogens (tertiary/aromatic N) is 2. The maximum Gasteiger partial charge on any atom is 0.243 e. The van der Waals surface area contributed by atoms with Gasteiger partial charge in [0.2, 0.25) is 5.91 Å². The molecular weight excluding hydrogens is 288 g/mol. The van der Waals surface area contributed by atoms with Gasteiger partial charge in [-0.3, -0.25) is 9.69 Å². The average Bonchev–Trinajstić information content (AvgIpc) is 2.53. The van der Waals surface area contributed by atoms with Crippen LogP contribution < -0.4 is 4.90 Å². The van der Waals surface area contributed by atoms with E-state index in [1.165, 1.54) is 0 Å². The lowest BCUT2D eigenvalue weighted by atomic mass is 10.0. The number of ether oxygens (including phenoxy) is 1. The number of rotatable bonds is 8. The van der Waals surface area contributed by atoms with Crippen molar-refractivity contribution < 1.29 is 9.53 Å². The fraction of sp³-hybridized carbons (Fsp3) is 0.500. The Bertz CT molecular complexity index is 489. The number of para-hydroxylation sites is 1. The summed E-state index contributed by atoms with van der Waals surface area (Å²) < 4.78 is 5.44. The van der Waals surface area contributed by atoms with Gasteiger partial charge in [-0.2, -0.15) is 5.26 Å². The Hall–Kier alpha value is -1.57. The SMILES string of the molecule is CCc1cccc(CC)c1N(COCCC#N)C(=O)CCl. The summed E-state index contributed by atoms with van der Waals surface area (Å²) in [5, 5.41) is 8.54. The normalized spacial score (nSPS) is 10.2. The molecule has 0 aliphatic carbocycles. The number of hydrogen-bond acceptors (Lipinski definition) is 3. The van der Waals surface area contributed by atoms with Crippen LogP contribution in [-0.4, -0.2) is 25.1 Å². The highest BCUT2D eigenvalue weighted by Crippen LogP contribution is 2.27. The number of carbonyl (C=O) groups is 1. The molecule has 5 heteroatoms. The molecule has 1 amide bonds. The smallest absolute Gasteiger partial charge is 0.243 e. The van der Waals surface area contributed by atoms with Gasteiger partial charge in [-0.05, 0) is 24.0 Å². The van der Waals surface area contributed by atoms with Crippen molar-refractivity contribution in [2.24, 2.45) is 0 Å². The lowest BCUT2D eigenvalue weighted by molar-refractivity contribution is -0.117. The molecule has 0 saturated carbocycles. The number of aryl methyl sites for hydroxylation is 2. The van der Waals surface area contributed by atoms with Gasteiger partial charge in [-0.15, -0.1) is 11.6 Å². The minimum Gasteiger partial charge on any atom is -0.360 e. The standard InChI is InChI=1S/C16H21ClN2O2/c1-3-13-7-5-8-14(4-2)16(13)19(15(20)11-17)12-21-10-6-9-18/h5,7-8H,3-4,6,10-12H2,1-2H3. The first-order valence-electron chi connectivity index (χ1n) is 7.11. The second-order valence-corrected chi connectivity index (χ2v) is 4.80. The van der Waals surface area contributed by atoms with Crippen molar-refractivity contribution in [1.29, 1.82) is 5.26 Å². The van der Waals surface area contributed by atoms with Gasteiger partial charge in [0, 0.05) is 0 Å². The van der Waals surface area contributed by atoms with Gasteiger partial charge in [-0.1, -0.05) is 32.0 Å². The van der Waals surface area contributed by atoms with Crippen LogP contribution in [0.4, 0.5) is 5.69 Å². The summed E-state index contributed by atoms with van der Waals surface area (Å²) in [6.07, 6.45) is 1.96. The van der Waals surface area contributed by atoms with Crippen LogP contribution in [0.5, 0.6) is 0 Å². The van der Waals surface area contributed by atoms with Gasteiger partial charge in [0.25, 0.3) is 0 Å². The Kier molecular flexibility index (Phi) is 7.81. The molecule has 0 fully saturated rings. The average molecular weight is 309 g/mol. The Morgan fingerprint density at radius 1 is 1.33 bits per heavy atom. The van der Waals surface area contributed by atoms with E-state index >= 15 is 0 Å². The number of carbonyl (C=O) groups excluding carboxylic acids is 1. The van der Waals surface area contributed by atoms with E-state index in [0.717, 1.165) is 29.7 Å². The highest BCUT2D eigenvalue weighted by molar-refractivity contribution is 6.29. The Balaban J connectivity index is 3.07. The molecule has 0 unspecified atom stereocenters. The molecule has 1 aromatic rings. The van der Waals surface area contributed by atoms with Crippen molar-refractivity contribution in [2.45, 2.75) is 33.1 Å². The summed E-state index contributed by atoms with van der Waals surface area (Å²) in [5.41, 5.74) is 3.08. The van der Waals surface area contributed by atoms with Crippen molar-refractivity contribution in [3.63, 3.8) is 0 Å². The zero-order chi connectivity index (χ0) is 15.7. The van der Waals surface area contributed by atoms with Crippen LogP contribution in [0, 0.1) is 11.3 Å². The minimum absolute atomic E-state index is 0.0944. The molecule has 21 heavy (non-hydrogen) atoms. The molecule has 0 aliphatic rings. The van der Waals surface area contributed by atoms with Crippen LogP contribution in [0.1, 0.15) is 31.4 Å².